The molecule has 1 amide bonds. The first-order chi connectivity index (χ1) is 9.37. The molecule has 1 aliphatic heterocycles. The van der Waals surface area contributed by atoms with Crippen LogP contribution >= 0.6 is 24.2 Å². The molecule has 1 heterocycles. The number of hydrogen-bond donors (Lipinski definition) is 1. The second-order valence-corrected chi connectivity index (χ2v) is 5.76. The summed E-state index contributed by atoms with van der Waals surface area (Å²) in [5.41, 5.74) is -3.89. The van der Waals surface area contributed by atoms with Crippen LogP contribution in [0.5, 0.6) is 0 Å². The molecule has 0 bridgehead atoms. The second-order valence-electron chi connectivity index (χ2n) is 4.62. The Hall–Kier alpha value is -0.920. The van der Waals surface area contributed by atoms with Crippen LogP contribution in [0.25, 0.3) is 0 Å². The fourth-order valence-corrected chi connectivity index (χ4v) is 2.65. The lowest BCUT2D eigenvalue weighted by molar-refractivity contribution is -0.0328. The van der Waals surface area contributed by atoms with Crippen molar-refractivity contribution in [1.82, 2.24) is 10.2 Å². The third-order valence-corrected chi connectivity index (χ3v) is 3.84. The first kappa shape index (κ1) is 18.1. The third-order valence-electron chi connectivity index (χ3n) is 3.10. The number of nitrogens with zero attached hydrogens (tertiary/aromatic N) is 1. The van der Waals surface area contributed by atoms with Gasteiger partial charge >= 0.3 is 5.51 Å². The summed E-state index contributed by atoms with van der Waals surface area (Å²) in [4.78, 5) is 14.1. The van der Waals surface area contributed by atoms with Gasteiger partial charge in [0.2, 0.25) is 0 Å². The lowest BCUT2D eigenvalue weighted by Gasteiger charge is -2.34. The number of carbonyl (C=O) groups is 1. The first-order valence-electron chi connectivity index (χ1n) is 6.24. The lowest BCUT2D eigenvalue weighted by atomic mass is 10.1. The number of benzene rings is 1. The maximum Gasteiger partial charge on any atom is 0.446 e. The topological polar surface area (TPSA) is 32.3 Å². The van der Waals surface area contributed by atoms with Gasteiger partial charge in [0, 0.05) is 36.1 Å². The highest BCUT2D eigenvalue weighted by atomic mass is 35.5. The van der Waals surface area contributed by atoms with Crippen LogP contribution in [-0.2, 0) is 0 Å². The van der Waals surface area contributed by atoms with Gasteiger partial charge in [-0.2, -0.15) is 13.2 Å². The molecule has 3 nitrogen and oxygen atoms in total. The average molecular weight is 341 g/mol. The molecule has 1 aromatic rings. The van der Waals surface area contributed by atoms with Gasteiger partial charge < -0.3 is 10.2 Å². The molecular weight excluding hydrogens is 325 g/mol. The summed E-state index contributed by atoms with van der Waals surface area (Å²) in [5.74, 6) is -0.137. The maximum absolute atomic E-state index is 12.3. The molecule has 1 aliphatic rings. The highest BCUT2D eigenvalue weighted by Crippen LogP contribution is 2.36. The van der Waals surface area contributed by atoms with Crippen molar-refractivity contribution >= 4 is 30.1 Å². The molecule has 2 rings (SSSR count). The van der Waals surface area contributed by atoms with Crippen molar-refractivity contribution in [2.75, 3.05) is 19.6 Å². The fourth-order valence-electron chi connectivity index (χ4n) is 2.11. The summed E-state index contributed by atoms with van der Waals surface area (Å²) in [6.45, 7) is 4.02. The summed E-state index contributed by atoms with van der Waals surface area (Å²) in [6, 6.07) is 5.65. The fraction of sp³-hybridized carbons (Fsp3) is 0.462. The largest absolute Gasteiger partial charge is 0.446 e. The Kier molecular flexibility index (Phi) is 6.37. The zero-order chi connectivity index (χ0) is 14.8. The molecule has 0 aliphatic carbocycles. The van der Waals surface area contributed by atoms with Gasteiger partial charge in [-0.15, -0.1) is 12.4 Å². The number of halogens is 4. The Morgan fingerprint density at radius 3 is 2.48 bits per heavy atom. The van der Waals surface area contributed by atoms with Crippen LogP contribution in [0.2, 0.25) is 0 Å². The number of nitrogens with one attached hydrogen (secondary N) is 1. The molecule has 0 saturated carbocycles. The highest BCUT2D eigenvalue weighted by molar-refractivity contribution is 8.00. The Morgan fingerprint density at radius 2 is 1.95 bits per heavy atom. The van der Waals surface area contributed by atoms with E-state index in [0.29, 0.717) is 12.1 Å². The Labute approximate surface area is 131 Å². The second kappa shape index (κ2) is 7.38. The minimum atomic E-state index is -4.31. The summed E-state index contributed by atoms with van der Waals surface area (Å²) in [7, 11) is 0. The van der Waals surface area contributed by atoms with E-state index < -0.39 is 5.51 Å². The highest BCUT2D eigenvalue weighted by Gasteiger charge is 2.29. The molecule has 0 radical (unpaired) electrons. The van der Waals surface area contributed by atoms with Gasteiger partial charge in [0.05, 0.1) is 0 Å². The molecule has 1 aromatic carbocycles. The van der Waals surface area contributed by atoms with E-state index in [1.54, 1.807) is 4.90 Å². The number of alkyl halides is 3. The van der Waals surface area contributed by atoms with Gasteiger partial charge in [-0.1, -0.05) is 0 Å². The monoisotopic (exact) mass is 340 g/mol. The standard InChI is InChI=1S/C13H15F3N2OS.ClH/c1-9-8-17-6-7-18(9)12(19)10-2-4-11(5-3-10)20-13(14,15)16;/h2-5,9,17H,6-8H2,1H3;1H. The summed E-state index contributed by atoms with van der Waals surface area (Å²) in [5, 5.41) is 3.18. The molecule has 1 unspecified atom stereocenters. The zero-order valence-corrected chi connectivity index (χ0v) is 12.9. The average Bonchev–Trinajstić information content (AvgIpc) is 2.37. The lowest BCUT2D eigenvalue weighted by Crippen LogP contribution is -2.52. The van der Waals surface area contributed by atoms with E-state index >= 15 is 0 Å². The number of piperazine rings is 1. The number of rotatable bonds is 2. The van der Waals surface area contributed by atoms with E-state index in [9.17, 15) is 18.0 Å². The van der Waals surface area contributed by atoms with Crippen molar-refractivity contribution in [2.45, 2.75) is 23.4 Å². The zero-order valence-electron chi connectivity index (χ0n) is 11.3. The summed E-state index contributed by atoms with van der Waals surface area (Å²) in [6.07, 6.45) is 0. The van der Waals surface area contributed by atoms with Crippen LogP contribution in [0.1, 0.15) is 17.3 Å². The van der Waals surface area contributed by atoms with E-state index in [2.05, 4.69) is 5.32 Å². The molecule has 21 heavy (non-hydrogen) atoms. The van der Waals surface area contributed by atoms with Crippen LogP contribution < -0.4 is 5.32 Å². The predicted octanol–water partition coefficient (Wildman–Crippen LogP) is 3.15. The molecule has 1 saturated heterocycles. The smallest absolute Gasteiger partial charge is 0.333 e. The van der Waals surface area contributed by atoms with Crippen molar-refractivity contribution in [3.05, 3.63) is 29.8 Å². The van der Waals surface area contributed by atoms with E-state index in [1.165, 1.54) is 24.3 Å². The predicted molar refractivity (Wildman–Crippen MR) is 79.0 cm³/mol. The van der Waals surface area contributed by atoms with Crippen molar-refractivity contribution < 1.29 is 18.0 Å². The molecule has 1 N–H and O–H groups in total. The minimum absolute atomic E-state index is 0. The van der Waals surface area contributed by atoms with Gasteiger partial charge in [0.25, 0.3) is 5.91 Å². The Morgan fingerprint density at radius 1 is 1.33 bits per heavy atom. The van der Waals surface area contributed by atoms with Crippen molar-refractivity contribution in [2.24, 2.45) is 0 Å². The van der Waals surface area contributed by atoms with Crippen molar-refractivity contribution in [3.63, 3.8) is 0 Å². The molecule has 8 heteroatoms. The molecule has 0 aromatic heterocycles. The minimum Gasteiger partial charge on any atom is -0.333 e. The van der Waals surface area contributed by atoms with E-state index in [-0.39, 0.29) is 41.0 Å². The van der Waals surface area contributed by atoms with E-state index in [1.807, 2.05) is 6.92 Å². The molecule has 1 fully saturated rings. The van der Waals surface area contributed by atoms with Gasteiger partial charge in [-0.25, -0.2) is 0 Å². The normalized spacial score (nSPS) is 19.0. The SMILES string of the molecule is CC1CNCCN1C(=O)c1ccc(SC(F)(F)F)cc1.Cl. The molecule has 118 valence electrons. The molecular formula is C13H16ClF3N2OS. The molecule has 0 spiro atoms. The van der Waals surface area contributed by atoms with Crippen LogP contribution in [0.15, 0.2) is 29.2 Å². The number of thioether (sulfide) groups is 1. The van der Waals surface area contributed by atoms with Gasteiger partial charge in [0.1, 0.15) is 0 Å². The summed E-state index contributed by atoms with van der Waals surface area (Å²) >= 11 is -0.178. The Bertz CT molecular complexity index is 481. The van der Waals surface area contributed by atoms with Crippen LogP contribution in [-0.4, -0.2) is 42.0 Å². The number of carbonyl (C=O) groups excluding carboxylic acids is 1. The van der Waals surface area contributed by atoms with Gasteiger partial charge in [-0.05, 0) is 43.0 Å². The number of amides is 1. The van der Waals surface area contributed by atoms with Crippen LogP contribution in [0.4, 0.5) is 13.2 Å². The Balaban J connectivity index is 0.00000220. The van der Waals surface area contributed by atoms with Crippen molar-refractivity contribution in [1.29, 1.82) is 0 Å². The van der Waals surface area contributed by atoms with Crippen LogP contribution in [0, 0.1) is 0 Å². The summed E-state index contributed by atoms with van der Waals surface area (Å²) < 4.78 is 36.7. The first-order valence-corrected chi connectivity index (χ1v) is 7.06. The van der Waals surface area contributed by atoms with Gasteiger partial charge in [-0.3, -0.25) is 4.79 Å². The number of hydrogen-bond acceptors (Lipinski definition) is 3. The third kappa shape index (κ3) is 5.09. The van der Waals surface area contributed by atoms with Gasteiger partial charge in [0.15, 0.2) is 0 Å². The molecule has 1 atom stereocenters. The van der Waals surface area contributed by atoms with E-state index in [0.717, 1.165) is 13.1 Å². The maximum atomic E-state index is 12.3. The quantitative estimate of drug-likeness (QED) is 0.839. The van der Waals surface area contributed by atoms with Crippen molar-refractivity contribution in [3.8, 4) is 0 Å². The van der Waals surface area contributed by atoms with Crippen LogP contribution in [0.3, 0.4) is 0 Å². The van der Waals surface area contributed by atoms with E-state index in [4.69, 9.17) is 0 Å².